The molecule has 1 heterocycles. The Morgan fingerprint density at radius 3 is 2.28 bits per heavy atom. The lowest BCUT2D eigenvalue weighted by Crippen LogP contribution is -2.42. The monoisotopic (exact) mass is 355 g/mol. The van der Waals surface area contributed by atoms with E-state index in [1.807, 2.05) is 30.3 Å². The quantitative estimate of drug-likeness (QED) is 0.689. The van der Waals surface area contributed by atoms with Crippen LogP contribution in [0, 0.1) is 0 Å². The van der Waals surface area contributed by atoms with Crippen molar-refractivity contribution in [3.8, 4) is 11.1 Å². The predicted molar refractivity (Wildman–Crippen MR) is 95.1 cm³/mol. The van der Waals surface area contributed by atoms with Crippen molar-refractivity contribution in [1.29, 1.82) is 0 Å². The van der Waals surface area contributed by atoms with Gasteiger partial charge in [0.1, 0.15) is 5.69 Å². The van der Waals surface area contributed by atoms with Crippen molar-refractivity contribution in [2.75, 3.05) is 0 Å². The Kier molecular flexibility index (Phi) is 4.69. The number of hydrogen-bond donors (Lipinski definition) is 2. The number of carbonyl (C=O) groups excluding carboxylic acids is 1. The van der Waals surface area contributed by atoms with Crippen LogP contribution >= 0.6 is 0 Å². The van der Waals surface area contributed by atoms with Gasteiger partial charge >= 0.3 is 0 Å². The van der Waals surface area contributed by atoms with E-state index in [1.54, 1.807) is 48.1 Å². The summed E-state index contributed by atoms with van der Waals surface area (Å²) in [7, 11) is -2.23. The lowest BCUT2D eigenvalue weighted by Gasteiger charge is -2.12. The van der Waals surface area contributed by atoms with E-state index >= 15 is 0 Å². The van der Waals surface area contributed by atoms with Gasteiger partial charge in [0.25, 0.3) is 15.9 Å². The van der Waals surface area contributed by atoms with Gasteiger partial charge in [-0.05, 0) is 23.8 Å². The summed E-state index contributed by atoms with van der Waals surface area (Å²) in [4.78, 5) is 14.4. The first-order chi connectivity index (χ1) is 12.0. The zero-order valence-corrected chi connectivity index (χ0v) is 14.3. The minimum atomic E-state index is -3.93. The normalized spacial score (nSPS) is 11.2. The topological polar surface area (TPSA) is 80.2 Å². The highest BCUT2D eigenvalue weighted by atomic mass is 32.2. The molecule has 7 heteroatoms. The number of nitrogens with one attached hydrogen (secondary N) is 2. The van der Waals surface area contributed by atoms with E-state index in [4.69, 9.17) is 0 Å². The van der Waals surface area contributed by atoms with Crippen molar-refractivity contribution < 1.29 is 13.2 Å². The van der Waals surface area contributed by atoms with E-state index in [0.29, 0.717) is 11.3 Å². The summed E-state index contributed by atoms with van der Waals surface area (Å²) in [5.74, 6) is -0.534. The molecule has 0 saturated heterocycles. The molecule has 25 heavy (non-hydrogen) atoms. The number of hydrazine groups is 1. The zero-order chi connectivity index (χ0) is 17.9. The Labute approximate surface area is 146 Å². The number of benzene rings is 2. The van der Waals surface area contributed by atoms with Crippen molar-refractivity contribution in [2.24, 2.45) is 7.05 Å². The number of hydrogen-bond acceptors (Lipinski definition) is 3. The van der Waals surface area contributed by atoms with Gasteiger partial charge < -0.3 is 4.57 Å². The summed E-state index contributed by atoms with van der Waals surface area (Å²) in [5.41, 5.74) is 3.93. The van der Waals surface area contributed by atoms with Crippen LogP contribution in [0.25, 0.3) is 11.1 Å². The molecule has 3 rings (SSSR count). The van der Waals surface area contributed by atoms with Gasteiger partial charge in [0.05, 0.1) is 4.90 Å². The van der Waals surface area contributed by atoms with Crippen LogP contribution < -0.4 is 10.3 Å². The molecule has 0 spiro atoms. The molecule has 3 aromatic rings. The average molecular weight is 355 g/mol. The molecule has 0 saturated carbocycles. The molecule has 0 aliphatic carbocycles. The number of aromatic nitrogens is 1. The SMILES string of the molecule is Cn1cccc1C(=O)NNS(=O)(=O)c1ccccc1-c1ccccc1. The van der Waals surface area contributed by atoms with Crippen molar-refractivity contribution in [2.45, 2.75) is 4.90 Å². The Morgan fingerprint density at radius 1 is 0.920 bits per heavy atom. The summed E-state index contributed by atoms with van der Waals surface area (Å²) < 4.78 is 26.9. The first kappa shape index (κ1) is 16.9. The second-order valence-corrected chi connectivity index (χ2v) is 7.08. The third kappa shape index (κ3) is 3.62. The Balaban J connectivity index is 1.86. The van der Waals surface area contributed by atoms with Gasteiger partial charge in [-0.15, -0.1) is 4.83 Å². The van der Waals surface area contributed by atoms with Gasteiger partial charge in [0.15, 0.2) is 0 Å². The fourth-order valence-electron chi connectivity index (χ4n) is 2.49. The summed E-state index contributed by atoms with van der Waals surface area (Å²) >= 11 is 0. The van der Waals surface area contributed by atoms with Crippen molar-refractivity contribution in [3.05, 3.63) is 78.6 Å². The molecule has 1 amide bonds. The zero-order valence-electron chi connectivity index (χ0n) is 13.5. The molecule has 1 aromatic heterocycles. The maximum absolute atomic E-state index is 12.7. The highest BCUT2D eigenvalue weighted by Crippen LogP contribution is 2.26. The standard InChI is InChI=1S/C18H17N3O3S/c1-21-13-7-11-16(21)18(22)19-20-25(23,24)17-12-6-5-10-15(17)14-8-3-2-4-9-14/h2-13,20H,1H3,(H,19,22). The van der Waals surface area contributed by atoms with E-state index in [-0.39, 0.29) is 4.90 Å². The van der Waals surface area contributed by atoms with Crippen LogP contribution in [0.5, 0.6) is 0 Å². The molecular weight excluding hydrogens is 338 g/mol. The van der Waals surface area contributed by atoms with E-state index < -0.39 is 15.9 Å². The van der Waals surface area contributed by atoms with Crippen LogP contribution in [-0.2, 0) is 17.1 Å². The molecule has 0 bridgehead atoms. The van der Waals surface area contributed by atoms with Crippen LogP contribution in [0.4, 0.5) is 0 Å². The third-order valence-electron chi connectivity index (χ3n) is 3.74. The summed E-state index contributed by atoms with van der Waals surface area (Å²) in [6.07, 6.45) is 1.70. The number of sulfonamides is 1. The molecule has 2 aromatic carbocycles. The number of carbonyl (C=O) groups is 1. The molecule has 2 N–H and O–H groups in total. The van der Waals surface area contributed by atoms with Crippen LogP contribution in [0.2, 0.25) is 0 Å². The van der Waals surface area contributed by atoms with Crippen molar-refractivity contribution in [1.82, 2.24) is 14.8 Å². The number of amides is 1. The second-order valence-electron chi connectivity index (χ2n) is 5.43. The van der Waals surface area contributed by atoms with Crippen molar-refractivity contribution in [3.63, 3.8) is 0 Å². The molecule has 128 valence electrons. The molecule has 0 atom stereocenters. The average Bonchev–Trinajstić information content (AvgIpc) is 3.06. The van der Waals surface area contributed by atoms with Gasteiger partial charge in [-0.25, -0.2) is 8.42 Å². The molecule has 0 aliphatic heterocycles. The molecule has 0 aliphatic rings. The predicted octanol–water partition coefficient (Wildman–Crippen LogP) is 2.32. The van der Waals surface area contributed by atoms with Crippen LogP contribution in [0.15, 0.2) is 77.8 Å². The minimum absolute atomic E-state index is 0.0911. The fourth-order valence-corrected chi connectivity index (χ4v) is 3.56. The third-order valence-corrected chi connectivity index (χ3v) is 5.04. The number of aryl methyl sites for hydroxylation is 1. The molecule has 0 fully saturated rings. The molecule has 6 nitrogen and oxygen atoms in total. The maximum atomic E-state index is 12.7. The maximum Gasteiger partial charge on any atom is 0.282 e. The van der Waals surface area contributed by atoms with Crippen LogP contribution in [-0.4, -0.2) is 18.9 Å². The number of nitrogens with zero attached hydrogens (tertiary/aromatic N) is 1. The first-order valence-electron chi connectivity index (χ1n) is 7.57. The lowest BCUT2D eigenvalue weighted by molar-refractivity contribution is 0.0937. The van der Waals surface area contributed by atoms with Crippen molar-refractivity contribution >= 4 is 15.9 Å². The fraction of sp³-hybridized carbons (Fsp3) is 0.0556. The Bertz CT molecular complexity index is 995. The van der Waals surface area contributed by atoms with Gasteiger partial charge in [-0.1, -0.05) is 48.5 Å². The minimum Gasteiger partial charge on any atom is -0.347 e. The van der Waals surface area contributed by atoms with Gasteiger partial charge in [0, 0.05) is 18.8 Å². The van der Waals surface area contributed by atoms with E-state index in [1.165, 1.54) is 6.07 Å². The molecule has 0 radical (unpaired) electrons. The second kappa shape index (κ2) is 6.92. The first-order valence-corrected chi connectivity index (χ1v) is 9.05. The van der Waals surface area contributed by atoms with Crippen LogP contribution in [0.1, 0.15) is 10.5 Å². The summed E-state index contributed by atoms with van der Waals surface area (Å²) in [6, 6.07) is 19.1. The van der Waals surface area contributed by atoms with Gasteiger partial charge in [-0.2, -0.15) is 0 Å². The molecule has 0 unspecified atom stereocenters. The smallest absolute Gasteiger partial charge is 0.282 e. The Morgan fingerprint density at radius 2 is 1.60 bits per heavy atom. The van der Waals surface area contributed by atoms with Gasteiger partial charge in [-0.3, -0.25) is 10.2 Å². The lowest BCUT2D eigenvalue weighted by atomic mass is 10.1. The Hall–Kier alpha value is -2.90. The molecular formula is C18H17N3O3S. The van der Waals surface area contributed by atoms with E-state index in [0.717, 1.165) is 5.56 Å². The van der Waals surface area contributed by atoms with E-state index in [2.05, 4.69) is 10.3 Å². The largest absolute Gasteiger partial charge is 0.347 e. The summed E-state index contributed by atoms with van der Waals surface area (Å²) in [6.45, 7) is 0. The highest BCUT2D eigenvalue weighted by molar-refractivity contribution is 7.89. The highest BCUT2D eigenvalue weighted by Gasteiger charge is 2.20. The van der Waals surface area contributed by atoms with Crippen LogP contribution in [0.3, 0.4) is 0 Å². The van der Waals surface area contributed by atoms with E-state index in [9.17, 15) is 13.2 Å². The number of rotatable bonds is 5. The summed E-state index contributed by atoms with van der Waals surface area (Å²) in [5, 5.41) is 0. The van der Waals surface area contributed by atoms with Gasteiger partial charge in [0.2, 0.25) is 0 Å².